The van der Waals surface area contributed by atoms with Gasteiger partial charge in [-0.05, 0) is 28.7 Å². The molecule has 1 atom stereocenters. The monoisotopic (exact) mass is 404 g/mol. The van der Waals surface area contributed by atoms with Crippen molar-refractivity contribution >= 4 is 11.8 Å². The summed E-state index contributed by atoms with van der Waals surface area (Å²) in [5, 5.41) is 5.43. The Morgan fingerprint density at radius 1 is 0.867 bits per heavy atom. The van der Waals surface area contributed by atoms with Crippen molar-refractivity contribution in [1.29, 1.82) is 0 Å². The van der Waals surface area contributed by atoms with Crippen molar-refractivity contribution in [1.82, 2.24) is 10.6 Å². The predicted molar refractivity (Wildman–Crippen MR) is 119 cm³/mol. The molecule has 0 bridgehead atoms. The second-order valence-electron chi connectivity index (χ2n) is 8.37. The van der Waals surface area contributed by atoms with E-state index in [1.807, 2.05) is 57.2 Å². The fourth-order valence-electron chi connectivity index (χ4n) is 3.28. The first kappa shape index (κ1) is 21.4. The molecule has 0 saturated heterocycles. The molecule has 2 aromatic carbocycles. The molecule has 0 aliphatic heterocycles. The molecular weight excluding hydrogens is 376 g/mol. The molecule has 5 nitrogen and oxygen atoms in total. The quantitative estimate of drug-likeness (QED) is 0.638. The Bertz CT molecular complexity index is 999. The molecule has 0 fully saturated rings. The first-order valence-electron chi connectivity index (χ1n) is 10.0. The van der Waals surface area contributed by atoms with Crippen molar-refractivity contribution < 1.29 is 14.0 Å². The number of amides is 2. The van der Waals surface area contributed by atoms with Gasteiger partial charge in [-0.25, -0.2) is 0 Å². The van der Waals surface area contributed by atoms with E-state index >= 15 is 0 Å². The molecule has 3 rings (SSSR count). The van der Waals surface area contributed by atoms with Crippen LogP contribution in [0.25, 0.3) is 22.5 Å². The van der Waals surface area contributed by atoms with Crippen LogP contribution < -0.4 is 10.6 Å². The minimum atomic E-state index is -0.616. The smallest absolute Gasteiger partial charge is 0.242 e. The Kier molecular flexibility index (Phi) is 6.40. The molecule has 0 spiro atoms. The van der Waals surface area contributed by atoms with Gasteiger partial charge in [-0.2, -0.15) is 0 Å². The summed E-state index contributed by atoms with van der Waals surface area (Å²) in [6.45, 7) is 5.74. The number of furan rings is 1. The fourth-order valence-corrected chi connectivity index (χ4v) is 3.28. The van der Waals surface area contributed by atoms with Gasteiger partial charge in [0.15, 0.2) is 0 Å². The van der Waals surface area contributed by atoms with Crippen LogP contribution in [0.4, 0.5) is 0 Å². The lowest BCUT2D eigenvalue weighted by molar-refractivity contribution is -0.131. The lowest BCUT2D eigenvalue weighted by Gasteiger charge is -2.29. The topological polar surface area (TPSA) is 71.3 Å². The molecular formula is C25H28N2O3. The number of likely N-dealkylation sites (N-methyl/N-ethyl adjacent to an activating group) is 1. The van der Waals surface area contributed by atoms with Gasteiger partial charge in [-0.3, -0.25) is 9.59 Å². The number of carbonyl (C=O) groups is 2. The summed E-state index contributed by atoms with van der Waals surface area (Å²) < 4.78 is 5.88. The van der Waals surface area contributed by atoms with Crippen LogP contribution in [0.1, 0.15) is 26.5 Å². The molecule has 156 valence electrons. The molecule has 30 heavy (non-hydrogen) atoms. The zero-order valence-electron chi connectivity index (χ0n) is 17.9. The second kappa shape index (κ2) is 8.99. The van der Waals surface area contributed by atoms with Gasteiger partial charge in [0, 0.05) is 12.6 Å². The van der Waals surface area contributed by atoms with Crippen LogP contribution in [-0.4, -0.2) is 24.9 Å². The van der Waals surface area contributed by atoms with E-state index < -0.39 is 11.5 Å². The van der Waals surface area contributed by atoms with Crippen LogP contribution in [0.5, 0.6) is 0 Å². The van der Waals surface area contributed by atoms with Crippen molar-refractivity contribution in [2.24, 2.45) is 5.41 Å². The highest BCUT2D eigenvalue weighted by Crippen LogP contribution is 2.26. The molecule has 1 heterocycles. The van der Waals surface area contributed by atoms with Gasteiger partial charge >= 0.3 is 0 Å². The normalized spacial score (nSPS) is 12.3. The molecule has 2 N–H and O–H groups in total. The van der Waals surface area contributed by atoms with E-state index in [2.05, 4.69) is 34.9 Å². The maximum absolute atomic E-state index is 12.5. The van der Waals surface area contributed by atoms with Crippen LogP contribution in [0.3, 0.4) is 0 Å². The molecule has 0 aliphatic carbocycles. The van der Waals surface area contributed by atoms with Gasteiger partial charge in [0.2, 0.25) is 11.8 Å². The lowest BCUT2D eigenvalue weighted by atomic mass is 9.86. The third-order valence-corrected chi connectivity index (χ3v) is 4.95. The highest BCUT2D eigenvalue weighted by atomic mass is 16.3. The standard InChI is InChI=1S/C25H28N2O3/c1-25(2,3)23(24(29)26-4)27-22(28)16-20-14-15-21(30-20)19-12-10-18(11-13-19)17-8-6-5-7-9-17/h5-15,23H,16H2,1-4H3,(H,26,29)(H,27,28)/t23-/m1/s1. The maximum Gasteiger partial charge on any atom is 0.242 e. The number of carbonyl (C=O) groups excluding carboxylic acids is 2. The summed E-state index contributed by atoms with van der Waals surface area (Å²) in [7, 11) is 1.56. The largest absolute Gasteiger partial charge is 0.461 e. The van der Waals surface area contributed by atoms with Crippen LogP contribution in [0.15, 0.2) is 71.1 Å². The van der Waals surface area contributed by atoms with E-state index in [-0.39, 0.29) is 18.2 Å². The SMILES string of the molecule is CNC(=O)[C@@H](NC(=O)Cc1ccc(-c2ccc(-c3ccccc3)cc2)o1)C(C)(C)C. The van der Waals surface area contributed by atoms with E-state index in [1.165, 1.54) is 0 Å². The molecule has 3 aromatic rings. The average molecular weight is 405 g/mol. The fraction of sp³-hybridized carbons (Fsp3) is 0.280. The van der Waals surface area contributed by atoms with Gasteiger partial charge < -0.3 is 15.1 Å². The van der Waals surface area contributed by atoms with Crippen LogP contribution in [0.2, 0.25) is 0 Å². The summed E-state index contributed by atoms with van der Waals surface area (Å²) in [6, 6.07) is 21.3. The van der Waals surface area contributed by atoms with Crippen LogP contribution in [-0.2, 0) is 16.0 Å². The molecule has 0 aliphatic rings. The van der Waals surface area contributed by atoms with E-state index in [1.54, 1.807) is 13.1 Å². The van der Waals surface area contributed by atoms with Gasteiger partial charge in [-0.15, -0.1) is 0 Å². The summed E-state index contributed by atoms with van der Waals surface area (Å²) >= 11 is 0. The van der Waals surface area contributed by atoms with E-state index in [0.717, 1.165) is 16.7 Å². The molecule has 0 unspecified atom stereocenters. The van der Waals surface area contributed by atoms with Crippen molar-refractivity contribution in [3.05, 3.63) is 72.5 Å². The Hall–Kier alpha value is -3.34. The highest BCUT2D eigenvalue weighted by molar-refractivity contribution is 5.88. The molecule has 2 amide bonds. The van der Waals surface area contributed by atoms with Crippen molar-refractivity contribution in [2.75, 3.05) is 7.05 Å². The Morgan fingerprint density at radius 3 is 2.07 bits per heavy atom. The molecule has 0 saturated carbocycles. The van der Waals surface area contributed by atoms with Crippen molar-refractivity contribution in [3.8, 4) is 22.5 Å². The average Bonchev–Trinajstić information content (AvgIpc) is 3.20. The van der Waals surface area contributed by atoms with Crippen LogP contribution in [0, 0.1) is 5.41 Å². The lowest BCUT2D eigenvalue weighted by Crippen LogP contribution is -2.53. The van der Waals surface area contributed by atoms with E-state index in [0.29, 0.717) is 11.5 Å². The molecule has 0 radical (unpaired) electrons. The van der Waals surface area contributed by atoms with Gasteiger partial charge in [0.1, 0.15) is 17.6 Å². The van der Waals surface area contributed by atoms with Gasteiger partial charge in [0.25, 0.3) is 0 Å². The third kappa shape index (κ3) is 5.17. The van der Waals surface area contributed by atoms with Crippen LogP contribution >= 0.6 is 0 Å². The minimum Gasteiger partial charge on any atom is -0.461 e. The molecule has 1 aromatic heterocycles. The first-order chi connectivity index (χ1) is 14.3. The number of hydrogen-bond donors (Lipinski definition) is 2. The van der Waals surface area contributed by atoms with E-state index in [9.17, 15) is 9.59 Å². The maximum atomic E-state index is 12.5. The van der Waals surface area contributed by atoms with Gasteiger partial charge in [0.05, 0.1) is 6.42 Å². The Morgan fingerprint density at radius 2 is 1.47 bits per heavy atom. The third-order valence-electron chi connectivity index (χ3n) is 4.95. The number of benzene rings is 2. The Balaban J connectivity index is 1.67. The Labute approximate surface area is 177 Å². The summed E-state index contributed by atoms with van der Waals surface area (Å²) in [5.74, 6) is 0.795. The second-order valence-corrected chi connectivity index (χ2v) is 8.37. The van der Waals surface area contributed by atoms with E-state index in [4.69, 9.17) is 4.42 Å². The first-order valence-corrected chi connectivity index (χ1v) is 10.0. The zero-order chi connectivity index (χ0) is 21.7. The summed E-state index contributed by atoms with van der Waals surface area (Å²) in [4.78, 5) is 24.6. The van der Waals surface area contributed by atoms with Crippen molar-refractivity contribution in [3.63, 3.8) is 0 Å². The summed E-state index contributed by atoms with van der Waals surface area (Å²) in [6.07, 6.45) is 0.0751. The molecule has 5 heteroatoms. The zero-order valence-corrected chi connectivity index (χ0v) is 17.9. The number of nitrogens with one attached hydrogen (secondary N) is 2. The van der Waals surface area contributed by atoms with Crippen molar-refractivity contribution in [2.45, 2.75) is 33.2 Å². The predicted octanol–water partition coefficient (Wildman–Crippen LogP) is 4.43. The summed E-state index contributed by atoms with van der Waals surface area (Å²) in [5.41, 5.74) is 2.84. The minimum absolute atomic E-state index is 0.0751. The van der Waals surface area contributed by atoms with Gasteiger partial charge in [-0.1, -0.05) is 75.4 Å². The number of rotatable bonds is 6. The number of hydrogen-bond acceptors (Lipinski definition) is 3. The highest BCUT2D eigenvalue weighted by Gasteiger charge is 2.32.